The first-order valence-corrected chi connectivity index (χ1v) is 6.57. The fraction of sp³-hybridized carbons (Fsp3) is 0.462. The van der Waals surface area contributed by atoms with Crippen LogP contribution in [0.1, 0.15) is 6.92 Å². The summed E-state index contributed by atoms with van der Waals surface area (Å²) in [5, 5.41) is 13.6. The summed E-state index contributed by atoms with van der Waals surface area (Å²) in [6.45, 7) is 2.93. The first kappa shape index (κ1) is 14.9. The van der Waals surface area contributed by atoms with E-state index in [1.54, 1.807) is 12.1 Å². The van der Waals surface area contributed by atoms with Gasteiger partial charge in [0.15, 0.2) is 18.2 Å². The van der Waals surface area contributed by atoms with Crippen LogP contribution in [0.15, 0.2) is 12.1 Å². The lowest BCUT2D eigenvalue weighted by Crippen LogP contribution is -2.34. The normalized spacial score (nSPS) is 14.5. The fourth-order valence-corrected chi connectivity index (χ4v) is 2.05. The van der Waals surface area contributed by atoms with Crippen molar-refractivity contribution in [3.8, 4) is 5.75 Å². The summed E-state index contributed by atoms with van der Waals surface area (Å²) in [5.74, 6) is 1.53. The summed E-state index contributed by atoms with van der Waals surface area (Å²) < 4.78 is 5.25. The van der Waals surface area contributed by atoms with E-state index in [4.69, 9.17) is 9.84 Å². The number of nitrogens with zero attached hydrogens (tertiary/aromatic N) is 2. The zero-order valence-electron chi connectivity index (χ0n) is 11.9. The van der Waals surface area contributed by atoms with Gasteiger partial charge in [-0.1, -0.05) is 6.92 Å². The molecule has 114 valence electrons. The van der Waals surface area contributed by atoms with Gasteiger partial charge in [0.1, 0.15) is 5.82 Å². The molecule has 1 aliphatic rings. The fourth-order valence-electron chi connectivity index (χ4n) is 2.05. The second-order valence-corrected chi connectivity index (χ2v) is 5.02. The number of carbonyl (C=O) groups excluding carboxylic acids is 1. The Bertz CT molecular complexity index is 549. The number of carboxylic acid groups (broad SMARTS) is 1. The molecule has 2 amide bonds. The van der Waals surface area contributed by atoms with Crippen molar-refractivity contribution in [3.05, 3.63) is 12.1 Å². The lowest BCUT2D eigenvalue weighted by atomic mass is 10.1. The quantitative estimate of drug-likeness (QED) is 0.740. The molecule has 2 heterocycles. The van der Waals surface area contributed by atoms with E-state index in [2.05, 4.69) is 15.6 Å². The molecule has 0 fully saturated rings. The molecule has 0 radical (unpaired) electrons. The molecule has 0 saturated carbocycles. The molecule has 2 rings (SSSR count). The molecule has 8 heteroatoms. The Morgan fingerprint density at radius 2 is 2.38 bits per heavy atom. The number of anilines is 2. The second kappa shape index (κ2) is 6.29. The van der Waals surface area contributed by atoms with Crippen LogP contribution in [0.5, 0.6) is 5.75 Å². The molecule has 8 nitrogen and oxygen atoms in total. The number of ether oxygens (including phenoxy) is 1. The molecule has 0 spiro atoms. The van der Waals surface area contributed by atoms with Crippen molar-refractivity contribution < 1.29 is 19.4 Å². The average Bonchev–Trinajstić information content (AvgIpc) is 2.44. The van der Waals surface area contributed by atoms with E-state index >= 15 is 0 Å². The Balaban J connectivity index is 1.99. The van der Waals surface area contributed by atoms with Gasteiger partial charge in [0.05, 0.1) is 0 Å². The zero-order chi connectivity index (χ0) is 15.4. The molecule has 1 atom stereocenters. The van der Waals surface area contributed by atoms with Crippen molar-refractivity contribution in [2.75, 3.05) is 37.0 Å². The van der Waals surface area contributed by atoms with E-state index in [9.17, 15) is 9.59 Å². The van der Waals surface area contributed by atoms with Crippen LogP contribution in [0.4, 0.5) is 16.4 Å². The third-order valence-corrected chi connectivity index (χ3v) is 3.04. The van der Waals surface area contributed by atoms with Crippen LogP contribution in [-0.4, -0.2) is 48.8 Å². The highest BCUT2D eigenvalue weighted by Gasteiger charge is 2.18. The molecule has 1 aliphatic heterocycles. The highest BCUT2D eigenvalue weighted by molar-refractivity contribution is 5.94. The lowest BCUT2D eigenvalue weighted by Gasteiger charge is -2.24. The van der Waals surface area contributed by atoms with Crippen molar-refractivity contribution in [2.24, 2.45) is 5.92 Å². The Labute approximate surface area is 122 Å². The Morgan fingerprint density at radius 3 is 3.10 bits per heavy atom. The van der Waals surface area contributed by atoms with Crippen molar-refractivity contribution in [3.63, 3.8) is 0 Å². The molecule has 0 saturated heterocycles. The van der Waals surface area contributed by atoms with Crippen LogP contribution in [0.25, 0.3) is 0 Å². The van der Waals surface area contributed by atoms with Gasteiger partial charge in [-0.2, -0.15) is 0 Å². The van der Waals surface area contributed by atoms with Gasteiger partial charge in [0, 0.05) is 20.1 Å². The summed E-state index contributed by atoms with van der Waals surface area (Å²) in [6, 6.07) is 3.56. The van der Waals surface area contributed by atoms with E-state index < -0.39 is 6.09 Å². The predicted octanol–water partition coefficient (Wildman–Crippen LogP) is 0.752. The average molecular weight is 294 g/mol. The molecule has 1 unspecified atom stereocenters. The predicted molar refractivity (Wildman–Crippen MR) is 76.8 cm³/mol. The van der Waals surface area contributed by atoms with Gasteiger partial charge in [-0.15, -0.1) is 0 Å². The third kappa shape index (κ3) is 3.98. The number of aromatic nitrogens is 1. The number of nitrogens with one attached hydrogen (secondary N) is 2. The lowest BCUT2D eigenvalue weighted by molar-refractivity contribution is -0.118. The van der Waals surface area contributed by atoms with E-state index in [0.29, 0.717) is 30.5 Å². The molecule has 1 aromatic rings. The Kier molecular flexibility index (Phi) is 4.46. The highest BCUT2D eigenvalue weighted by atomic mass is 16.5. The third-order valence-electron chi connectivity index (χ3n) is 3.04. The van der Waals surface area contributed by atoms with Crippen LogP contribution in [0, 0.1) is 5.92 Å². The molecule has 3 N–H and O–H groups in total. The summed E-state index contributed by atoms with van der Waals surface area (Å²) in [5.41, 5.74) is 0. The van der Waals surface area contributed by atoms with Gasteiger partial charge >= 0.3 is 6.09 Å². The first-order valence-electron chi connectivity index (χ1n) is 6.57. The topological polar surface area (TPSA) is 104 Å². The highest BCUT2D eigenvalue weighted by Crippen LogP contribution is 2.28. The van der Waals surface area contributed by atoms with Gasteiger partial charge in [0.2, 0.25) is 0 Å². The Hall–Kier alpha value is -2.51. The van der Waals surface area contributed by atoms with Gasteiger partial charge in [-0.05, 0) is 18.1 Å². The number of rotatable bonds is 5. The van der Waals surface area contributed by atoms with Crippen LogP contribution < -0.4 is 20.3 Å². The van der Waals surface area contributed by atoms with E-state index in [1.165, 1.54) is 0 Å². The summed E-state index contributed by atoms with van der Waals surface area (Å²) in [6.07, 6.45) is -1.03. The standard InChI is InChI=1S/C13H18N4O4/c1-8(5-14-13(19)20)6-17(2)10-4-3-9-12(15-10)16-11(18)7-21-9/h3-4,8,14H,5-7H2,1-2H3,(H,19,20)(H,15,16,18). The first-order chi connectivity index (χ1) is 9.95. The maximum Gasteiger partial charge on any atom is 0.404 e. The van der Waals surface area contributed by atoms with Gasteiger partial charge in [-0.3, -0.25) is 4.79 Å². The van der Waals surface area contributed by atoms with Crippen molar-refractivity contribution >= 4 is 23.6 Å². The molecule has 0 aliphatic carbocycles. The molecule has 0 aromatic carbocycles. The molecule has 21 heavy (non-hydrogen) atoms. The number of hydrogen-bond acceptors (Lipinski definition) is 5. The van der Waals surface area contributed by atoms with Crippen molar-refractivity contribution in [1.29, 1.82) is 0 Å². The number of carbonyl (C=O) groups is 2. The van der Waals surface area contributed by atoms with Gasteiger partial charge in [0.25, 0.3) is 5.91 Å². The molecule has 1 aromatic heterocycles. The second-order valence-electron chi connectivity index (χ2n) is 5.02. The maximum atomic E-state index is 11.3. The van der Waals surface area contributed by atoms with Crippen molar-refractivity contribution in [1.82, 2.24) is 10.3 Å². The summed E-state index contributed by atoms with van der Waals surface area (Å²) >= 11 is 0. The summed E-state index contributed by atoms with van der Waals surface area (Å²) in [4.78, 5) is 28.0. The van der Waals surface area contributed by atoms with E-state index in [-0.39, 0.29) is 18.4 Å². The molecular weight excluding hydrogens is 276 g/mol. The minimum Gasteiger partial charge on any atom is -0.480 e. The largest absolute Gasteiger partial charge is 0.480 e. The van der Waals surface area contributed by atoms with Crippen LogP contribution in [0.2, 0.25) is 0 Å². The van der Waals surface area contributed by atoms with Crippen LogP contribution in [0.3, 0.4) is 0 Å². The number of fused-ring (bicyclic) bond motifs is 1. The number of amides is 2. The van der Waals surface area contributed by atoms with Crippen LogP contribution in [-0.2, 0) is 4.79 Å². The minimum absolute atomic E-state index is 0.00174. The monoisotopic (exact) mass is 294 g/mol. The van der Waals surface area contributed by atoms with Gasteiger partial charge < -0.3 is 25.4 Å². The SMILES string of the molecule is CC(CNC(=O)O)CN(C)c1ccc2c(n1)NC(=O)CO2. The number of pyridine rings is 1. The maximum absolute atomic E-state index is 11.3. The van der Waals surface area contributed by atoms with E-state index in [1.807, 2.05) is 18.9 Å². The van der Waals surface area contributed by atoms with Crippen molar-refractivity contribution in [2.45, 2.75) is 6.92 Å². The van der Waals surface area contributed by atoms with Crippen LogP contribution >= 0.6 is 0 Å². The smallest absolute Gasteiger partial charge is 0.404 e. The molecule has 0 bridgehead atoms. The Morgan fingerprint density at radius 1 is 1.62 bits per heavy atom. The van der Waals surface area contributed by atoms with Gasteiger partial charge in [-0.25, -0.2) is 9.78 Å². The number of hydrogen-bond donors (Lipinski definition) is 3. The summed E-state index contributed by atoms with van der Waals surface area (Å²) in [7, 11) is 1.86. The zero-order valence-corrected chi connectivity index (χ0v) is 11.9. The van der Waals surface area contributed by atoms with E-state index in [0.717, 1.165) is 0 Å². The molecular formula is C13H18N4O4. The minimum atomic E-state index is -1.03.